The minimum absolute atomic E-state index is 0.193. The van der Waals surface area contributed by atoms with Gasteiger partial charge in [0, 0.05) is 16.0 Å². The molecular formula is C15H10ClNO6S. The van der Waals surface area contributed by atoms with Gasteiger partial charge in [-0.05, 0) is 29.8 Å². The highest BCUT2D eigenvalue weighted by Crippen LogP contribution is 2.38. The van der Waals surface area contributed by atoms with Crippen molar-refractivity contribution in [2.24, 2.45) is 0 Å². The molecule has 124 valence electrons. The molecule has 0 aliphatic heterocycles. The number of aromatic carboxylic acids is 1. The first-order valence-corrected chi connectivity index (χ1v) is 7.67. The molecule has 0 saturated carbocycles. The Morgan fingerprint density at radius 1 is 1.12 bits per heavy atom. The SMILES string of the molecule is O=C(O)Cc1ccc(Cl)cc1Sc1ccc(C(=O)O)cc1[N+](=O)[O-]. The highest BCUT2D eigenvalue weighted by atomic mass is 35.5. The van der Waals surface area contributed by atoms with E-state index < -0.39 is 16.9 Å². The molecule has 0 atom stereocenters. The third-order valence-corrected chi connectivity index (χ3v) is 4.39. The van der Waals surface area contributed by atoms with Gasteiger partial charge in [-0.15, -0.1) is 0 Å². The second kappa shape index (κ2) is 7.33. The fourth-order valence-corrected chi connectivity index (χ4v) is 3.24. The number of carboxylic acids is 2. The van der Waals surface area contributed by atoms with Gasteiger partial charge in [-0.1, -0.05) is 29.4 Å². The second-order valence-electron chi connectivity index (χ2n) is 4.67. The molecule has 24 heavy (non-hydrogen) atoms. The molecule has 0 heterocycles. The Balaban J connectivity index is 2.47. The molecule has 0 bridgehead atoms. The van der Waals surface area contributed by atoms with Gasteiger partial charge in [0.15, 0.2) is 0 Å². The molecule has 0 unspecified atom stereocenters. The van der Waals surface area contributed by atoms with Crippen molar-refractivity contribution in [3.8, 4) is 0 Å². The number of hydrogen-bond acceptors (Lipinski definition) is 5. The molecule has 2 N–H and O–H groups in total. The molecule has 0 aliphatic carbocycles. The minimum Gasteiger partial charge on any atom is -0.481 e. The lowest BCUT2D eigenvalue weighted by atomic mass is 10.1. The van der Waals surface area contributed by atoms with E-state index in [2.05, 4.69) is 0 Å². The third kappa shape index (κ3) is 4.24. The van der Waals surface area contributed by atoms with Gasteiger partial charge in [0.2, 0.25) is 0 Å². The van der Waals surface area contributed by atoms with Crippen molar-refractivity contribution in [1.29, 1.82) is 0 Å². The fraction of sp³-hybridized carbons (Fsp3) is 0.0667. The summed E-state index contributed by atoms with van der Waals surface area (Å²) in [6, 6.07) is 8.12. The lowest BCUT2D eigenvalue weighted by molar-refractivity contribution is -0.387. The minimum atomic E-state index is -1.27. The van der Waals surface area contributed by atoms with E-state index >= 15 is 0 Å². The number of benzene rings is 2. The molecule has 0 amide bonds. The molecule has 0 radical (unpaired) electrons. The highest BCUT2D eigenvalue weighted by molar-refractivity contribution is 7.99. The van der Waals surface area contributed by atoms with Crippen molar-refractivity contribution in [3.63, 3.8) is 0 Å². The molecule has 2 aromatic rings. The van der Waals surface area contributed by atoms with Crippen molar-refractivity contribution in [3.05, 3.63) is 62.7 Å². The molecule has 0 spiro atoms. The standard InChI is InChI=1S/C15H10ClNO6S/c16-10-3-1-8(6-14(18)19)13(7-10)24-12-4-2-9(15(20)21)5-11(12)17(22)23/h1-5,7H,6H2,(H,18,19)(H,20,21). The van der Waals surface area contributed by atoms with Crippen LogP contribution in [0.2, 0.25) is 5.02 Å². The second-order valence-corrected chi connectivity index (χ2v) is 6.19. The Morgan fingerprint density at radius 2 is 1.83 bits per heavy atom. The molecule has 9 heteroatoms. The van der Waals surface area contributed by atoms with Crippen molar-refractivity contribution in [2.45, 2.75) is 16.2 Å². The van der Waals surface area contributed by atoms with Crippen molar-refractivity contribution in [1.82, 2.24) is 0 Å². The number of nitro groups is 1. The van der Waals surface area contributed by atoms with Crippen LogP contribution in [0.5, 0.6) is 0 Å². The van der Waals surface area contributed by atoms with E-state index in [4.69, 9.17) is 21.8 Å². The molecular weight excluding hydrogens is 358 g/mol. The van der Waals surface area contributed by atoms with Crippen molar-refractivity contribution >= 4 is 41.0 Å². The molecule has 0 fully saturated rings. The van der Waals surface area contributed by atoms with E-state index in [1.54, 1.807) is 0 Å². The normalized spacial score (nSPS) is 10.4. The average molecular weight is 368 g/mol. The third-order valence-electron chi connectivity index (χ3n) is 2.99. The van der Waals surface area contributed by atoms with E-state index in [0.717, 1.165) is 17.8 Å². The Bertz CT molecular complexity index is 839. The molecule has 0 aromatic heterocycles. The zero-order chi connectivity index (χ0) is 17.9. The van der Waals surface area contributed by atoms with E-state index in [-0.39, 0.29) is 22.6 Å². The van der Waals surface area contributed by atoms with Crippen molar-refractivity contribution < 1.29 is 24.7 Å². The van der Waals surface area contributed by atoms with Gasteiger partial charge >= 0.3 is 11.9 Å². The van der Waals surface area contributed by atoms with Gasteiger partial charge in [-0.3, -0.25) is 14.9 Å². The van der Waals surface area contributed by atoms with Gasteiger partial charge in [0.05, 0.1) is 21.8 Å². The lowest BCUT2D eigenvalue weighted by Gasteiger charge is -2.09. The van der Waals surface area contributed by atoms with Crippen LogP contribution in [-0.4, -0.2) is 27.1 Å². The van der Waals surface area contributed by atoms with E-state index in [0.29, 0.717) is 15.5 Å². The summed E-state index contributed by atoms with van der Waals surface area (Å²) in [5, 5.41) is 29.4. The van der Waals surface area contributed by atoms with E-state index in [1.165, 1.54) is 30.3 Å². The van der Waals surface area contributed by atoms with Crippen LogP contribution in [0, 0.1) is 10.1 Å². The summed E-state index contributed by atoms with van der Waals surface area (Å²) >= 11 is 6.88. The first kappa shape index (κ1) is 17.8. The van der Waals surface area contributed by atoms with Crippen LogP contribution in [0.1, 0.15) is 15.9 Å². The molecule has 2 rings (SSSR count). The number of carbonyl (C=O) groups is 2. The summed E-state index contributed by atoms with van der Waals surface area (Å²) in [5.41, 5.74) is -0.127. The van der Waals surface area contributed by atoms with Crippen LogP contribution < -0.4 is 0 Å². The monoisotopic (exact) mass is 367 g/mol. The number of nitro benzene ring substituents is 1. The topological polar surface area (TPSA) is 118 Å². The summed E-state index contributed by atoms with van der Waals surface area (Å²) in [5.74, 6) is -2.32. The fourth-order valence-electron chi connectivity index (χ4n) is 1.93. The first-order chi connectivity index (χ1) is 11.3. The molecule has 0 aliphatic rings. The van der Waals surface area contributed by atoms with Gasteiger partial charge < -0.3 is 10.2 Å². The predicted octanol–water partition coefficient (Wildman–Crippen LogP) is 3.72. The maximum Gasteiger partial charge on any atom is 0.335 e. The van der Waals surface area contributed by atoms with Gasteiger partial charge in [0.1, 0.15) is 0 Å². The number of carboxylic acid groups (broad SMARTS) is 2. The quantitative estimate of drug-likeness (QED) is 0.589. The maximum absolute atomic E-state index is 11.2. The maximum atomic E-state index is 11.2. The smallest absolute Gasteiger partial charge is 0.335 e. The number of hydrogen-bond donors (Lipinski definition) is 2. The number of rotatable bonds is 6. The predicted molar refractivity (Wildman–Crippen MR) is 87.0 cm³/mol. The summed E-state index contributed by atoms with van der Waals surface area (Å²) in [4.78, 5) is 33.0. The molecule has 7 nitrogen and oxygen atoms in total. The van der Waals surface area contributed by atoms with Crippen molar-refractivity contribution in [2.75, 3.05) is 0 Å². The van der Waals surface area contributed by atoms with Crippen LogP contribution in [0.3, 0.4) is 0 Å². The Morgan fingerprint density at radius 3 is 2.42 bits per heavy atom. The Kier molecular flexibility index (Phi) is 5.42. The average Bonchev–Trinajstić information content (AvgIpc) is 2.49. The van der Waals surface area contributed by atoms with Crippen LogP contribution >= 0.6 is 23.4 Å². The molecule has 2 aromatic carbocycles. The van der Waals surface area contributed by atoms with Crippen LogP contribution in [0.25, 0.3) is 0 Å². The lowest BCUT2D eigenvalue weighted by Crippen LogP contribution is -2.02. The Hall–Kier alpha value is -2.58. The summed E-state index contributed by atoms with van der Waals surface area (Å²) in [7, 11) is 0. The number of aliphatic carboxylic acids is 1. The summed E-state index contributed by atoms with van der Waals surface area (Å²) < 4.78 is 0. The zero-order valence-corrected chi connectivity index (χ0v) is 13.5. The zero-order valence-electron chi connectivity index (χ0n) is 11.9. The largest absolute Gasteiger partial charge is 0.481 e. The van der Waals surface area contributed by atoms with Gasteiger partial charge in [-0.25, -0.2) is 4.79 Å². The molecule has 0 saturated heterocycles. The first-order valence-electron chi connectivity index (χ1n) is 6.47. The van der Waals surface area contributed by atoms with E-state index in [1.807, 2.05) is 0 Å². The number of nitrogens with zero attached hydrogens (tertiary/aromatic N) is 1. The van der Waals surface area contributed by atoms with E-state index in [9.17, 15) is 19.7 Å². The summed E-state index contributed by atoms with van der Waals surface area (Å²) in [6.45, 7) is 0. The Labute approximate surface area is 145 Å². The van der Waals surface area contributed by atoms with Gasteiger partial charge in [-0.2, -0.15) is 0 Å². The summed E-state index contributed by atoms with van der Waals surface area (Å²) in [6.07, 6.45) is -0.263. The van der Waals surface area contributed by atoms with Crippen LogP contribution in [-0.2, 0) is 11.2 Å². The van der Waals surface area contributed by atoms with Crippen LogP contribution in [0.15, 0.2) is 46.2 Å². The van der Waals surface area contributed by atoms with Gasteiger partial charge in [0.25, 0.3) is 5.69 Å². The number of halogens is 1. The van der Waals surface area contributed by atoms with Crippen LogP contribution in [0.4, 0.5) is 5.69 Å². The highest BCUT2D eigenvalue weighted by Gasteiger charge is 2.19.